The number of rotatable bonds is 2. The molecule has 0 heterocycles. The number of hydrogen-bond acceptors (Lipinski definition) is 2. The van der Waals surface area contributed by atoms with Crippen LogP contribution in [0.4, 0.5) is 13.2 Å². The Bertz CT molecular complexity index is 485. The first-order chi connectivity index (χ1) is 9.38. The van der Waals surface area contributed by atoms with Crippen LogP contribution in [0.2, 0.25) is 0 Å². The highest BCUT2D eigenvalue weighted by Crippen LogP contribution is 2.32. The molecular formula is C14H18ClF3N2O. The molecule has 0 radical (unpaired) electrons. The lowest BCUT2D eigenvalue weighted by atomic mass is 9.91. The molecule has 2 rings (SSSR count). The standard InChI is InChI=1S/C14H17F3N2O.ClH/c15-14(16,17)12-4-2-1-3-11(12)13(20)19-10-7-5-9(18)6-8-10;/h1-4,9-10H,5-8,18H2,(H,19,20);1H. The van der Waals surface area contributed by atoms with Gasteiger partial charge in [-0.2, -0.15) is 13.2 Å². The third-order valence-corrected chi connectivity index (χ3v) is 3.58. The van der Waals surface area contributed by atoms with Gasteiger partial charge in [0, 0.05) is 12.1 Å². The van der Waals surface area contributed by atoms with Crippen molar-refractivity contribution in [3.8, 4) is 0 Å². The number of carbonyl (C=O) groups excluding carboxylic acids is 1. The normalized spacial score (nSPS) is 22.3. The van der Waals surface area contributed by atoms with Gasteiger partial charge >= 0.3 is 6.18 Å². The molecule has 0 saturated heterocycles. The molecule has 1 saturated carbocycles. The maximum Gasteiger partial charge on any atom is 0.417 e. The van der Waals surface area contributed by atoms with E-state index in [1.165, 1.54) is 18.2 Å². The van der Waals surface area contributed by atoms with E-state index >= 15 is 0 Å². The van der Waals surface area contributed by atoms with Gasteiger partial charge in [-0.15, -0.1) is 12.4 Å². The van der Waals surface area contributed by atoms with E-state index in [-0.39, 0.29) is 30.1 Å². The number of amides is 1. The average molecular weight is 323 g/mol. The Morgan fingerprint density at radius 2 is 1.71 bits per heavy atom. The molecule has 0 aliphatic heterocycles. The Balaban J connectivity index is 0.00000220. The number of alkyl halides is 3. The molecule has 1 aromatic carbocycles. The van der Waals surface area contributed by atoms with Crippen molar-refractivity contribution in [3.05, 3.63) is 35.4 Å². The van der Waals surface area contributed by atoms with Gasteiger partial charge in [-0.1, -0.05) is 12.1 Å². The molecule has 21 heavy (non-hydrogen) atoms. The fourth-order valence-corrected chi connectivity index (χ4v) is 2.45. The zero-order valence-electron chi connectivity index (χ0n) is 11.3. The molecule has 1 aliphatic carbocycles. The van der Waals surface area contributed by atoms with Crippen LogP contribution in [0.15, 0.2) is 24.3 Å². The Kier molecular flexibility index (Phi) is 6.04. The number of benzene rings is 1. The SMILES string of the molecule is Cl.NC1CCC(NC(=O)c2ccccc2C(F)(F)F)CC1. The summed E-state index contributed by atoms with van der Waals surface area (Å²) in [5.74, 6) is -0.668. The molecule has 1 aromatic rings. The van der Waals surface area contributed by atoms with Crippen LogP contribution in [-0.4, -0.2) is 18.0 Å². The highest BCUT2D eigenvalue weighted by Gasteiger charge is 2.35. The number of nitrogens with one attached hydrogen (secondary N) is 1. The molecule has 1 aliphatic rings. The number of carbonyl (C=O) groups is 1. The minimum absolute atomic E-state index is 0. The van der Waals surface area contributed by atoms with Gasteiger partial charge in [0.05, 0.1) is 11.1 Å². The minimum Gasteiger partial charge on any atom is -0.349 e. The molecule has 3 N–H and O–H groups in total. The van der Waals surface area contributed by atoms with Crippen LogP contribution in [0.3, 0.4) is 0 Å². The van der Waals surface area contributed by atoms with Crippen molar-refractivity contribution >= 4 is 18.3 Å². The van der Waals surface area contributed by atoms with Crippen molar-refractivity contribution < 1.29 is 18.0 Å². The van der Waals surface area contributed by atoms with Gasteiger partial charge in [0.25, 0.3) is 5.91 Å². The molecule has 1 fully saturated rings. The summed E-state index contributed by atoms with van der Waals surface area (Å²) < 4.78 is 38.5. The molecular weight excluding hydrogens is 305 g/mol. The van der Waals surface area contributed by atoms with Crippen molar-refractivity contribution in [1.29, 1.82) is 0 Å². The molecule has 0 spiro atoms. The van der Waals surface area contributed by atoms with Gasteiger partial charge in [-0.25, -0.2) is 0 Å². The van der Waals surface area contributed by atoms with Crippen molar-refractivity contribution in [2.24, 2.45) is 5.73 Å². The molecule has 1 amide bonds. The molecule has 0 bridgehead atoms. The predicted molar refractivity (Wildman–Crippen MR) is 76.4 cm³/mol. The quantitative estimate of drug-likeness (QED) is 0.879. The van der Waals surface area contributed by atoms with Crippen molar-refractivity contribution in [3.63, 3.8) is 0 Å². The van der Waals surface area contributed by atoms with E-state index in [9.17, 15) is 18.0 Å². The lowest BCUT2D eigenvalue weighted by molar-refractivity contribution is -0.137. The first-order valence-electron chi connectivity index (χ1n) is 6.60. The van der Waals surface area contributed by atoms with Crippen LogP contribution < -0.4 is 11.1 Å². The van der Waals surface area contributed by atoms with Gasteiger partial charge in [0.2, 0.25) is 0 Å². The fraction of sp³-hybridized carbons (Fsp3) is 0.500. The van der Waals surface area contributed by atoms with Gasteiger partial charge in [-0.3, -0.25) is 4.79 Å². The highest BCUT2D eigenvalue weighted by atomic mass is 35.5. The van der Waals surface area contributed by atoms with Gasteiger partial charge in [-0.05, 0) is 37.8 Å². The second-order valence-corrected chi connectivity index (χ2v) is 5.13. The summed E-state index contributed by atoms with van der Waals surface area (Å²) in [6, 6.07) is 4.87. The average Bonchev–Trinajstić information content (AvgIpc) is 2.40. The van der Waals surface area contributed by atoms with E-state index < -0.39 is 17.6 Å². The third kappa shape index (κ3) is 4.61. The van der Waals surface area contributed by atoms with E-state index in [4.69, 9.17) is 5.73 Å². The maximum atomic E-state index is 12.8. The van der Waals surface area contributed by atoms with Crippen molar-refractivity contribution in [1.82, 2.24) is 5.32 Å². The second kappa shape index (κ2) is 7.13. The summed E-state index contributed by atoms with van der Waals surface area (Å²) in [6.07, 6.45) is -1.54. The topological polar surface area (TPSA) is 55.1 Å². The Morgan fingerprint density at radius 1 is 1.14 bits per heavy atom. The Morgan fingerprint density at radius 3 is 2.29 bits per heavy atom. The first kappa shape index (κ1) is 17.8. The van der Waals surface area contributed by atoms with Crippen LogP contribution >= 0.6 is 12.4 Å². The van der Waals surface area contributed by atoms with E-state index in [1.54, 1.807) is 0 Å². The smallest absolute Gasteiger partial charge is 0.349 e. The number of hydrogen-bond donors (Lipinski definition) is 2. The first-order valence-corrected chi connectivity index (χ1v) is 6.60. The minimum atomic E-state index is -4.52. The Hall–Kier alpha value is -1.27. The zero-order valence-corrected chi connectivity index (χ0v) is 12.1. The summed E-state index contributed by atoms with van der Waals surface area (Å²) in [5.41, 5.74) is 4.54. The molecule has 3 nitrogen and oxygen atoms in total. The van der Waals surface area contributed by atoms with Crippen LogP contribution in [-0.2, 0) is 6.18 Å². The van der Waals surface area contributed by atoms with E-state index in [0.29, 0.717) is 12.8 Å². The van der Waals surface area contributed by atoms with Crippen LogP contribution in [0, 0.1) is 0 Å². The number of nitrogens with two attached hydrogens (primary N) is 1. The summed E-state index contributed by atoms with van der Waals surface area (Å²) >= 11 is 0. The maximum absolute atomic E-state index is 12.8. The number of halogens is 4. The van der Waals surface area contributed by atoms with Crippen LogP contribution in [0.25, 0.3) is 0 Å². The summed E-state index contributed by atoms with van der Waals surface area (Å²) in [4.78, 5) is 12.0. The van der Waals surface area contributed by atoms with Gasteiger partial charge in [0.1, 0.15) is 0 Å². The molecule has 0 atom stereocenters. The van der Waals surface area contributed by atoms with Crippen LogP contribution in [0.1, 0.15) is 41.6 Å². The lowest BCUT2D eigenvalue weighted by Crippen LogP contribution is -2.41. The lowest BCUT2D eigenvalue weighted by Gasteiger charge is -2.27. The zero-order chi connectivity index (χ0) is 14.8. The Labute approximate surface area is 127 Å². The van der Waals surface area contributed by atoms with Gasteiger partial charge in [0.15, 0.2) is 0 Å². The third-order valence-electron chi connectivity index (χ3n) is 3.58. The monoisotopic (exact) mass is 322 g/mol. The molecule has 0 aromatic heterocycles. The summed E-state index contributed by atoms with van der Waals surface area (Å²) in [5, 5.41) is 2.67. The predicted octanol–water partition coefficient (Wildman–Crippen LogP) is 3.13. The van der Waals surface area contributed by atoms with Gasteiger partial charge < -0.3 is 11.1 Å². The van der Waals surface area contributed by atoms with E-state index in [2.05, 4.69) is 5.32 Å². The highest BCUT2D eigenvalue weighted by molar-refractivity contribution is 5.96. The van der Waals surface area contributed by atoms with Crippen molar-refractivity contribution in [2.75, 3.05) is 0 Å². The second-order valence-electron chi connectivity index (χ2n) is 5.13. The fourth-order valence-electron chi connectivity index (χ4n) is 2.45. The van der Waals surface area contributed by atoms with E-state index in [1.807, 2.05) is 0 Å². The summed E-state index contributed by atoms with van der Waals surface area (Å²) in [7, 11) is 0. The van der Waals surface area contributed by atoms with Crippen LogP contribution in [0.5, 0.6) is 0 Å². The van der Waals surface area contributed by atoms with E-state index in [0.717, 1.165) is 18.9 Å². The summed E-state index contributed by atoms with van der Waals surface area (Å²) in [6.45, 7) is 0. The van der Waals surface area contributed by atoms with Crippen molar-refractivity contribution in [2.45, 2.75) is 43.9 Å². The largest absolute Gasteiger partial charge is 0.417 e. The molecule has 7 heteroatoms. The molecule has 0 unspecified atom stereocenters. The molecule has 118 valence electrons.